The summed E-state index contributed by atoms with van der Waals surface area (Å²) in [4.78, 5) is 15.9. The van der Waals surface area contributed by atoms with Gasteiger partial charge in [0.1, 0.15) is 0 Å². The lowest BCUT2D eigenvalue weighted by Gasteiger charge is -2.16. The van der Waals surface area contributed by atoms with E-state index in [1.807, 2.05) is 0 Å². The highest BCUT2D eigenvalue weighted by Gasteiger charge is 2.27. The van der Waals surface area contributed by atoms with Crippen molar-refractivity contribution in [2.24, 2.45) is 0 Å². The third-order valence-corrected chi connectivity index (χ3v) is 2.45. The van der Waals surface area contributed by atoms with Gasteiger partial charge in [0.25, 0.3) is 5.91 Å². The van der Waals surface area contributed by atoms with Gasteiger partial charge in [-0.15, -0.1) is 11.8 Å². The molecule has 5 heteroatoms. The van der Waals surface area contributed by atoms with E-state index in [0.717, 1.165) is 5.75 Å². The fourth-order valence-electron chi connectivity index (χ4n) is 0.739. The number of rotatable bonds is 2. The zero-order valence-corrected chi connectivity index (χ0v) is 7.39. The van der Waals surface area contributed by atoms with Crippen LogP contribution in [0.2, 0.25) is 0 Å². The first-order chi connectivity index (χ1) is 5.25. The van der Waals surface area contributed by atoms with Gasteiger partial charge in [0.2, 0.25) is 0 Å². The van der Waals surface area contributed by atoms with E-state index in [4.69, 9.17) is 9.57 Å². The highest BCUT2D eigenvalue weighted by Crippen LogP contribution is 2.20. The van der Waals surface area contributed by atoms with Crippen molar-refractivity contribution in [3.8, 4) is 0 Å². The maximum Gasteiger partial charge on any atom is 0.285 e. The normalized spacial score (nSPS) is 23.6. The van der Waals surface area contributed by atoms with E-state index in [9.17, 15) is 4.79 Å². The molecule has 0 spiro atoms. The molecular formula is C6H11NO3S. The molecule has 1 fully saturated rings. The van der Waals surface area contributed by atoms with Gasteiger partial charge in [0.15, 0.2) is 5.44 Å². The molecular weight excluding hydrogens is 166 g/mol. The Hall–Kier alpha value is -0.260. The Morgan fingerprint density at radius 2 is 2.55 bits per heavy atom. The number of hydrogen-bond donors (Lipinski definition) is 0. The molecule has 11 heavy (non-hydrogen) atoms. The van der Waals surface area contributed by atoms with Crippen molar-refractivity contribution in [3.05, 3.63) is 0 Å². The molecule has 0 bridgehead atoms. The van der Waals surface area contributed by atoms with E-state index in [0.29, 0.717) is 6.61 Å². The van der Waals surface area contributed by atoms with Gasteiger partial charge < -0.3 is 4.74 Å². The molecule has 0 aromatic rings. The largest absolute Gasteiger partial charge is 0.357 e. The number of ether oxygens (including phenoxy) is 1. The lowest BCUT2D eigenvalue weighted by Crippen LogP contribution is -2.33. The molecule has 1 amide bonds. The van der Waals surface area contributed by atoms with Crippen LogP contribution >= 0.6 is 11.8 Å². The summed E-state index contributed by atoms with van der Waals surface area (Å²) in [7, 11) is 3.03. The fraction of sp³-hybridized carbons (Fsp3) is 0.833. The number of thioether (sulfide) groups is 1. The standard InChI is InChI=1S/C6H11NO3S/c1-7(9-2)5(8)6-10-3-4-11-6/h6H,3-4H2,1-2H3. The molecule has 0 aromatic heterocycles. The van der Waals surface area contributed by atoms with Gasteiger partial charge in [-0.1, -0.05) is 0 Å². The summed E-state index contributed by atoms with van der Waals surface area (Å²) in [5, 5.41) is 1.18. The van der Waals surface area contributed by atoms with Crippen molar-refractivity contribution < 1.29 is 14.4 Å². The second-order valence-electron chi connectivity index (χ2n) is 2.09. The number of amides is 1. The van der Waals surface area contributed by atoms with E-state index < -0.39 is 0 Å². The quantitative estimate of drug-likeness (QED) is 0.561. The molecule has 1 atom stereocenters. The van der Waals surface area contributed by atoms with Crippen LogP contribution in [0.25, 0.3) is 0 Å². The predicted molar refractivity (Wildman–Crippen MR) is 42.0 cm³/mol. The molecule has 0 saturated carbocycles. The summed E-state index contributed by atoms with van der Waals surface area (Å²) in [6.45, 7) is 0.651. The Labute approximate surface area is 69.8 Å². The van der Waals surface area contributed by atoms with Crippen LogP contribution in [0.4, 0.5) is 0 Å². The predicted octanol–water partition coefficient (Wildman–Crippen LogP) is 0.0957. The molecule has 1 saturated heterocycles. The average Bonchev–Trinajstić information content (AvgIpc) is 2.53. The second-order valence-corrected chi connectivity index (χ2v) is 3.26. The van der Waals surface area contributed by atoms with Gasteiger partial charge in [-0.3, -0.25) is 9.63 Å². The van der Waals surface area contributed by atoms with Crippen LogP contribution in [-0.4, -0.2) is 42.9 Å². The number of carbonyl (C=O) groups excluding carboxylic acids is 1. The molecule has 1 rings (SSSR count). The molecule has 0 radical (unpaired) electrons. The second kappa shape index (κ2) is 3.94. The Kier molecular flexibility index (Phi) is 3.16. The number of hydrogen-bond acceptors (Lipinski definition) is 4. The first-order valence-electron chi connectivity index (χ1n) is 3.30. The van der Waals surface area contributed by atoms with E-state index in [1.165, 1.54) is 23.9 Å². The van der Waals surface area contributed by atoms with Gasteiger partial charge in [-0.25, -0.2) is 5.06 Å². The molecule has 1 aliphatic rings. The van der Waals surface area contributed by atoms with Crippen molar-refractivity contribution >= 4 is 17.7 Å². The third kappa shape index (κ3) is 2.08. The van der Waals surface area contributed by atoms with E-state index in [-0.39, 0.29) is 11.3 Å². The smallest absolute Gasteiger partial charge is 0.285 e. The molecule has 4 nitrogen and oxygen atoms in total. The molecule has 64 valence electrons. The van der Waals surface area contributed by atoms with Gasteiger partial charge in [-0.05, 0) is 0 Å². The lowest BCUT2D eigenvalue weighted by molar-refractivity contribution is -0.174. The molecule has 1 aliphatic heterocycles. The Bertz CT molecular complexity index is 147. The van der Waals surface area contributed by atoms with E-state index in [1.54, 1.807) is 7.05 Å². The minimum absolute atomic E-state index is 0.130. The first kappa shape index (κ1) is 8.83. The summed E-state index contributed by atoms with van der Waals surface area (Å²) < 4.78 is 5.13. The van der Waals surface area contributed by atoms with Crippen molar-refractivity contribution in [2.45, 2.75) is 5.44 Å². The number of nitrogens with zero attached hydrogens (tertiary/aromatic N) is 1. The summed E-state index contributed by atoms with van der Waals surface area (Å²) in [5.74, 6) is 0.753. The number of hydroxylamine groups is 2. The zero-order valence-electron chi connectivity index (χ0n) is 6.57. The SMILES string of the molecule is CON(C)C(=O)C1OCCS1. The highest BCUT2D eigenvalue weighted by molar-refractivity contribution is 8.00. The Balaban J connectivity index is 2.39. The van der Waals surface area contributed by atoms with Gasteiger partial charge in [0.05, 0.1) is 13.7 Å². The highest BCUT2D eigenvalue weighted by atomic mass is 32.2. The minimum Gasteiger partial charge on any atom is -0.357 e. The van der Waals surface area contributed by atoms with Gasteiger partial charge in [-0.2, -0.15) is 0 Å². The molecule has 0 N–H and O–H groups in total. The van der Waals surface area contributed by atoms with Gasteiger partial charge in [0, 0.05) is 12.8 Å². The van der Waals surface area contributed by atoms with E-state index in [2.05, 4.69) is 0 Å². The third-order valence-electron chi connectivity index (χ3n) is 1.41. The van der Waals surface area contributed by atoms with Crippen LogP contribution in [0.1, 0.15) is 0 Å². The average molecular weight is 177 g/mol. The fourth-order valence-corrected chi connectivity index (χ4v) is 1.63. The summed E-state index contributed by atoms with van der Waals surface area (Å²) in [6, 6.07) is 0. The lowest BCUT2D eigenvalue weighted by atomic mass is 10.6. The van der Waals surface area contributed by atoms with Crippen LogP contribution < -0.4 is 0 Å². The van der Waals surface area contributed by atoms with Crippen LogP contribution in [0.15, 0.2) is 0 Å². The minimum atomic E-state index is -0.361. The van der Waals surface area contributed by atoms with Crippen LogP contribution in [0.3, 0.4) is 0 Å². The first-order valence-corrected chi connectivity index (χ1v) is 4.35. The maximum atomic E-state index is 11.2. The van der Waals surface area contributed by atoms with Gasteiger partial charge >= 0.3 is 0 Å². The zero-order chi connectivity index (χ0) is 8.27. The Morgan fingerprint density at radius 1 is 1.82 bits per heavy atom. The topological polar surface area (TPSA) is 38.8 Å². The van der Waals surface area contributed by atoms with Crippen molar-refractivity contribution in [1.29, 1.82) is 0 Å². The van der Waals surface area contributed by atoms with Crippen molar-refractivity contribution in [1.82, 2.24) is 5.06 Å². The summed E-state index contributed by atoms with van der Waals surface area (Å²) in [5.41, 5.74) is -0.361. The monoisotopic (exact) mass is 177 g/mol. The Morgan fingerprint density at radius 3 is 3.00 bits per heavy atom. The maximum absolute atomic E-state index is 11.2. The van der Waals surface area contributed by atoms with Crippen LogP contribution in [-0.2, 0) is 14.4 Å². The van der Waals surface area contributed by atoms with Crippen LogP contribution in [0.5, 0.6) is 0 Å². The van der Waals surface area contributed by atoms with Crippen molar-refractivity contribution in [2.75, 3.05) is 26.5 Å². The number of likely N-dealkylation sites (N-methyl/N-ethyl adjacent to an activating group) is 1. The van der Waals surface area contributed by atoms with Crippen molar-refractivity contribution in [3.63, 3.8) is 0 Å². The molecule has 1 heterocycles. The van der Waals surface area contributed by atoms with Crippen LogP contribution in [0, 0.1) is 0 Å². The summed E-state index contributed by atoms with van der Waals surface area (Å²) in [6.07, 6.45) is 0. The molecule has 1 unspecified atom stereocenters. The molecule has 0 aliphatic carbocycles. The molecule has 0 aromatic carbocycles. The summed E-state index contributed by atoms with van der Waals surface area (Å²) >= 11 is 1.50. The van der Waals surface area contributed by atoms with E-state index >= 15 is 0 Å². The number of carbonyl (C=O) groups is 1.